The van der Waals surface area contributed by atoms with Crippen molar-refractivity contribution in [2.24, 2.45) is 0 Å². The van der Waals surface area contributed by atoms with Gasteiger partial charge in [-0.3, -0.25) is 14.6 Å². The summed E-state index contributed by atoms with van der Waals surface area (Å²) in [4.78, 5) is 36.9. The Morgan fingerprint density at radius 2 is 2.04 bits per heavy atom. The standard InChI is InChI=1S/C19H19ClN4O2S/c1-11-14(19(26)24-18(23-11)13-7-9-21-10-8-13)3-6-17(25)22-12(2)15-4-5-16(20)27-15/h4-5,7-10,12H,3,6H2,1-2H3,(H,22,25)(H,23,24,26). The quantitative estimate of drug-likeness (QED) is 0.658. The number of aromatic amines is 1. The molecule has 1 unspecified atom stereocenters. The Morgan fingerprint density at radius 1 is 1.30 bits per heavy atom. The fraction of sp³-hybridized carbons (Fsp3) is 0.263. The number of rotatable bonds is 6. The molecule has 27 heavy (non-hydrogen) atoms. The maximum Gasteiger partial charge on any atom is 0.254 e. The van der Waals surface area contributed by atoms with Crippen LogP contribution in [0.15, 0.2) is 41.5 Å². The maximum absolute atomic E-state index is 12.4. The van der Waals surface area contributed by atoms with Crippen LogP contribution in [0.4, 0.5) is 0 Å². The number of carbonyl (C=O) groups excluding carboxylic acids is 1. The Morgan fingerprint density at radius 3 is 2.67 bits per heavy atom. The number of hydrogen-bond acceptors (Lipinski definition) is 5. The van der Waals surface area contributed by atoms with Gasteiger partial charge in [0.15, 0.2) is 0 Å². The first kappa shape index (κ1) is 19.3. The molecule has 3 aromatic heterocycles. The number of nitrogens with one attached hydrogen (secondary N) is 2. The number of nitrogens with zero attached hydrogens (tertiary/aromatic N) is 2. The zero-order valence-electron chi connectivity index (χ0n) is 15.0. The van der Waals surface area contributed by atoms with Crippen LogP contribution in [0, 0.1) is 6.92 Å². The molecule has 0 radical (unpaired) electrons. The van der Waals surface area contributed by atoms with Crippen molar-refractivity contribution in [3.05, 3.63) is 67.5 Å². The van der Waals surface area contributed by atoms with Crippen LogP contribution < -0.4 is 10.9 Å². The smallest absolute Gasteiger partial charge is 0.254 e. The number of halogens is 1. The Bertz CT molecular complexity index is 1000. The van der Waals surface area contributed by atoms with E-state index in [1.165, 1.54) is 11.3 Å². The maximum atomic E-state index is 12.4. The molecule has 0 aliphatic carbocycles. The summed E-state index contributed by atoms with van der Waals surface area (Å²) in [6.07, 6.45) is 3.83. The minimum absolute atomic E-state index is 0.121. The van der Waals surface area contributed by atoms with Gasteiger partial charge in [-0.2, -0.15) is 0 Å². The molecule has 0 fully saturated rings. The molecular weight excluding hydrogens is 384 g/mol. The van der Waals surface area contributed by atoms with Crippen molar-refractivity contribution in [2.75, 3.05) is 0 Å². The van der Waals surface area contributed by atoms with E-state index in [4.69, 9.17) is 11.6 Å². The lowest BCUT2D eigenvalue weighted by Crippen LogP contribution is -2.27. The largest absolute Gasteiger partial charge is 0.349 e. The summed E-state index contributed by atoms with van der Waals surface area (Å²) in [5.74, 6) is 0.375. The lowest BCUT2D eigenvalue weighted by atomic mass is 10.1. The molecule has 0 saturated carbocycles. The highest BCUT2D eigenvalue weighted by molar-refractivity contribution is 7.16. The highest BCUT2D eigenvalue weighted by Crippen LogP contribution is 2.26. The highest BCUT2D eigenvalue weighted by Gasteiger charge is 2.14. The van der Waals surface area contributed by atoms with Crippen molar-refractivity contribution in [3.63, 3.8) is 0 Å². The Kier molecular flexibility index (Phi) is 6.03. The Hall–Kier alpha value is -2.51. The van der Waals surface area contributed by atoms with E-state index < -0.39 is 0 Å². The fourth-order valence-corrected chi connectivity index (χ4v) is 3.80. The van der Waals surface area contributed by atoms with Gasteiger partial charge in [0, 0.05) is 40.5 Å². The molecule has 0 aliphatic rings. The molecule has 0 aromatic carbocycles. The van der Waals surface area contributed by atoms with Crippen molar-refractivity contribution in [2.45, 2.75) is 32.7 Å². The van der Waals surface area contributed by atoms with E-state index in [0.717, 1.165) is 10.4 Å². The van der Waals surface area contributed by atoms with Gasteiger partial charge in [-0.05, 0) is 44.5 Å². The van der Waals surface area contributed by atoms with Gasteiger partial charge in [0.25, 0.3) is 5.56 Å². The predicted molar refractivity (Wildman–Crippen MR) is 107 cm³/mol. The zero-order valence-corrected chi connectivity index (χ0v) is 16.5. The van der Waals surface area contributed by atoms with Gasteiger partial charge in [-0.1, -0.05) is 11.6 Å². The molecule has 1 atom stereocenters. The number of aromatic nitrogens is 3. The van der Waals surface area contributed by atoms with Crippen LogP contribution in [0.3, 0.4) is 0 Å². The minimum atomic E-state index is -0.222. The number of H-pyrrole nitrogens is 1. The summed E-state index contributed by atoms with van der Waals surface area (Å²) in [7, 11) is 0. The molecule has 2 N–H and O–H groups in total. The third-order valence-corrected chi connectivity index (χ3v) is 5.59. The first-order chi connectivity index (χ1) is 12.9. The van der Waals surface area contributed by atoms with Gasteiger partial charge >= 0.3 is 0 Å². The van der Waals surface area contributed by atoms with Crippen molar-refractivity contribution < 1.29 is 4.79 Å². The average molecular weight is 403 g/mol. The first-order valence-corrected chi connectivity index (χ1v) is 9.68. The van der Waals surface area contributed by atoms with E-state index in [0.29, 0.717) is 27.8 Å². The lowest BCUT2D eigenvalue weighted by molar-refractivity contribution is -0.121. The third-order valence-electron chi connectivity index (χ3n) is 4.18. The lowest BCUT2D eigenvalue weighted by Gasteiger charge is -2.12. The number of carbonyl (C=O) groups is 1. The molecule has 140 valence electrons. The molecule has 8 heteroatoms. The molecule has 0 spiro atoms. The van der Waals surface area contributed by atoms with Gasteiger partial charge in [0.05, 0.1) is 10.4 Å². The van der Waals surface area contributed by atoms with Crippen LogP contribution in [0.1, 0.15) is 35.5 Å². The van der Waals surface area contributed by atoms with Crippen LogP contribution >= 0.6 is 22.9 Å². The molecule has 3 rings (SSSR count). The third kappa shape index (κ3) is 4.81. The van der Waals surface area contributed by atoms with Gasteiger partial charge in [-0.15, -0.1) is 11.3 Å². The molecule has 0 saturated heterocycles. The second-order valence-corrected chi connectivity index (χ2v) is 7.89. The fourth-order valence-electron chi connectivity index (χ4n) is 2.74. The van der Waals surface area contributed by atoms with Crippen LogP contribution in [0.2, 0.25) is 4.34 Å². The van der Waals surface area contributed by atoms with Gasteiger partial charge in [-0.25, -0.2) is 4.98 Å². The molecular formula is C19H19ClN4O2S. The summed E-state index contributed by atoms with van der Waals surface area (Å²) >= 11 is 7.37. The zero-order chi connectivity index (χ0) is 19.4. The van der Waals surface area contributed by atoms with Crippen molar-refractivity contribution in [1.82, 2.24) is 20.3 Å². The topological polar surface area (TPSA) is 87.7 Å². The number of pyridine rings is 1. The summed E-state index contributed by atoms with van der Waals surface area (Å²) in [6.45, 7) is 3.69. The van der Waals surface area contributed by atoms with E-state index in [1.54, 1.807) is 31.5 Å². The molecule has 3 heterocycles. The van der Waals surface area contributed by atoms with Crippen LogP contribution in [-0.2, 0) is 11.2 Å². The van der Waals surface area contributed by atoms with E-state index >= 15 is 0 Å². The SMILES string of the molecule is Cc1nc(-c2ccncc2)[nH]c(=O)c1CCC(=O)NC(C)c1ccc(Cl)s1. The Labute approximate surface area is 165 Å². The van der Waals surface area contributed by atoms with Gasteiger partial charge < -0.3 is 10.3 Å². The van der Waals surface area contributed by atoms with E-state index in [9.17, 15) is 9.59 Å². The second-order valence-electron chi connectivity index (χ2n) is 6.15. The number of thiophene rings is 1. The van der Waals surface area contributed by atoms with Crippen molar-refractivity contribution >= 4 is 28.8 Å². The van der Waals surface area contributed by atoms with E-state index in [1.807, 2.05) is 19.1 Å². The number of hydrogen-bond donors (Lipinski definition) is 2. The van der Waals surface area contributed by atoms with Crippen molar-refractivity contribution in [3.8, 4) is 11.4 Å². The summed E-state index contributed by atoms with van der Waals surface area (Å²) < 4.78 is 0.689. The normalized spacial score (nSPS) is 12.0. The van der Waals surface area contributed by atoms with Gasteiger partial charge in [0.2, 0.25) is 5.91 Å². The van der Waals surface area contributed by atoms with Crippen molar-refractivity contribution in [1.29, 1.82) is 0 Å². The van der Waals surface area contributed by atoms with Crippen LogP contribution in [0.5, 0.6) is 0 Å². The molecule has 0 bridgehead atoms. The predicted octanol–water partition coefficient (Wildman–Crippen LogP) is 3.67. The average Bonchev–Trinajstić information content (AvgIpc) is 3.08. The summed E-state index contributed by atoms with van der Waals surface area (Å²) in [5, 5.41) is 2.93. The first-order valence-electron chi connectivity index (χ1n) is 8.49. The minimum Gasteiger partial charge on any atom is -0.349 e. The molecule has 0 aliphatic heterocycles. The van der Waals surface area contributed by atoms with Crippen LogP contribution in [-0.4, -0.2) is 20.9 Å². The monoisotopic (exact) mass is 402 g/mol. The summed E-state index contributed by atoms with van der Waals surface area (Å²) in [6, 6.07) is 7.14. The van der Waals surface area contributed by atoms with E-state index in [2.05, 4.69) is 20.3 Å². The Balaban J connectivity index is 1.65. The highest BCUT2D eigenvalue weighted by atomic mass is 35.5. The second kappa shape index (κ2) is 8.45. The summed E-state index contributed by atoms with van der Waals surface area (Å²) in [5.41, 5.74) is 1.71. The molecule has 3 aromatic rings. The van der Waals surface area contributed by atoms with Crippen LogP contribution in [0.25, 0.3) is 11.4 Å². The number of aryl methyl sites for hydroxylation is 1. The number of amides is 1. The van der Waals surface area contributed by atoms with E-state index in [-0.39, 0.29) is 23.9 Å². The van der Waals surface area contributed by atoms with Gasteiger partial charge in [0.1, 0.15) is 5.82 Å². The molecule has 6 nitrogen and oxygen atoms in total. The molecule has 1 amide bonds.